The second kappa shape index (κ2) is 3.83. The number of hydrogen-bond acceptors (Lipinski definition) is 3. The predicted molar refractivity (Wildman–Crippen MR) is 31.5 cm³/mol. The number of methoxy groups -OCH3 is 1. The van der Waals surface area contributed by atoms with Crippen LogP contribution in [0.2, 0.25) is 0 Å². The highest BCUT2D eigenvalue weighted by Gasteiger charge is 1.93. The molecule has 0 atom stereocenters. The van der Waals surface area contributed by atoms with Crippen molar-refractivity contribution in [3.8, 4) is 0 Å². The van der Waals surface area contributed by atoms with Crippen molar-refractivity contribution in [2.24, 2.45) is 0 Å². The number of allylic oxidation sites excluding steroid dienone is 1. The Balaban J connectivity index is 3.94. The number of carbonyl (C=O) groups excluding carboxylic acids is 2. The van der Waals surface area contributed by atoms with Gasteiger partial charge in [-0.3, -0.25) is 4.79 Å². The van der Waals surface area contributed by atoms with Crippen molar-refractivity contribution < 1.29 is 14.3 Å². The summed E-state index contributed by atoms with van der Waals surface area (Å²) in [6, 6.07) is 0. The summed E-state index contributed by atoms with van der Waals surface area (Å²) in [5, 5.41) is 0. The van der Waals surface area contributed by atoms with Gasteiger partial charge in [-0.1, -0.05) is 0 Å². The molecule has 0 aliphatic carbocycles. The maximum Gasteiger partial charge on any atom is 0.330 e. The fraction of sp³-hybridized carbons (Fsp3) is 0.333. The molecule has 0 heterocycles. The van der Waals surface area contributed by atoms with Gasteiger partial charge < -0.3 is 4.74 Å². The molecule has 0 bridgehead atoms. The van der Waals surface area contributed by atoms with E-state index < -0.39 is 5.97 Å². The SMILES string of the molecule is COC(=O)C=C(C)[C]=O. The van der Waals surface area contributed by atoms with E-state index in [4.69, 9.17) is 0 Å². The van der Waals surface area contributed by atoms with E-state index in [9.17, 15) is 9.59 Å². The van der Waals surface area contributed by atoms with Crippen molar-refractivity contribution >= 4 is 12.3 Å². The first kappa shape index (κ1) is 7.88. The molecule has 0 rings (SSSR count). The van der Waals surface area contributed by atoms with Gasteiger partial charge in [-0.15, -0.1) is 0 Å². The zero-order chi connectivity index (χ0) is 7.28. The average Bonchev–Trinajstić information content (AvgIpc) is 1.87. The fourth-order valence-electron chi connectivity index (χ4n) is 0.265. The largest absolute Gasteiger partial charge is 0.466 e. The molecule has 0 N–H and O–H groups in total. The third-order valence-electron chi connectivity index (χ3n) is 0.697. The summed E-state index contributed by atoms with van der Waals surface area (Å²) in [5.41, 5.74) is 0.238. The van der Waals surface area contributed by atoms with E-state index in [2.05, 4.69) is 4.74 Å². The Hall–Kier alpha value is -1.12. The summed E-state index contributed by atoms with van der Waals surface area (Å²) >= 11 is 0. The van der Waals surface area contributed by atoms with Gasteiger partial charge in [0.05, 0.1) is 7.11 Å². The van der Waals surface area contributed by atoms with E-state index in [0.717, 1.165) is 6.08 Å². The second-order valence-corrected chi connectivity index (χ2v) is 1.45. The molecule has 3 heteroatoms. The van der Waals surface area contributed by atoms with Crippen LogP contribution in [0.5, 0.6) is 0 Å². The zero-order valence-electron chi connectivity index (χ0n) is 5.30. The van der Waals surface area contributed by atoms with Crippen LogP contribution in [0.25, 0.3) is 0 Å². The number of hydrogen-bond donors (Lipinski definition) is 0. The van der Waals surface area contributed by atoms with Gasteiger partial charge in [0.2, 0.25) is 6.29 Å². The van der Waals surface area contributed by atoms with Crippen molar-refractivity contribution in [1.82, 2.24) is 0 Å². The van der Waals surface area contributed by atoms with Crippen molar-refractivity contribution in [3.05, 3.63) is 11.6 Å². The van der Waals surface area contributed by atoms with Gasteiger partial charge in [-0.2, -0.15) is 0 Å². The van der Waals surface area contributed by atoms with Crippen LogP contribution in [0.15, 0.2) is 11.6 Å². The molecule has 0 saturated heterocycles. The highest BCUT2D eigenvalue weighted by molar-refractivity contribution is 5.89. The average molecular weight is 127 g/mol. The molecule has 0 aliphatic heterocycles. The normalized spacial score (nSPS) is 10.7. The van der Waals surface area contributed by atoms with Crippen LogP contribution in [0.1, 0.15) is 6.92 Å². The van der Waals surface area contributed by atoms with Gasteiger partial charge in [0.15, 0.2) is 0 Å². The van der Waals surface area contributed by atoms with E-state index in [1.807, 2.05) is 0 Å². The molecule has 0 spiro atoms. The fourth-order valence-corrected chi connectivity index (χ4v) is 0.265. The Bertz CT molecular complexity index is 146. The lowest BCUT2D eigenvalue weighted by atomic mass is 10.3. The minimum atomic E-state index is -0.532. The van der Waals surface area contributed by atoms with Crippen LogP contribution < -0.4 is 0 Å². The lowest BCUT2D eigenvalue weighted by Crippen LogP contribution is -1.95. The van der Waals surface area contributed by atoms with Crippen molar-refractivity contribution in [2.45, 2.75) is 6.92 Å². The van der Waals surface area contributed by atoms with Gasteiger partial charge in [0.25, 0.3) is 0 Å². The molecule has 9 heavy (non-hydrogen) atoms. The molecule has 49 valence electrons. The first-order chi connectivity index (χ1) is 4.20. The Morgan fingerprint density at radius 2 is 2.22 bits per heavy atom. The number of ether oxygens (including phenoxy) is 1. The topological polar surface area (TPSA) is 43.4 Å². The molecule has 0 amide bonds. The number of rotatable bonds is 2. The minimum absolute atomic E-state index is 0.238. The third-order valence-corrected chi connectivity index (χ3v) is 0.697. The Morgan fingerprint density at radius 1 is 1.67 bits per heavy atom. The van der Waals surface area contributed by atoms with Gasteiger partial charge in [0, 0.05) is 11.6 Å². The molecule has 0 aromatic rings. The molecule has 1 radical (unpaired) electrons. The quantitative estimate of drug-likeness (QED) is 0.393. The van der Waals surface area contributed by atoms with Crippen molar-refractivity contribution in [1.29, 1.82) is 0 Å². The van der Waals surface area contributed by atoms with Gasteiger partial charge in [-0.05, 0) is 6.92 Å². The van der Waals surface area contributed by atoms with Gasteiger partial charge in [-0.25, -0.2) is 4.79 Å². The van der Waals surface area contributed by atoms with Crippen molar-refractivity contribution in [2.75, 3.05) is 7.11 Å². The number of carbonyl (C=O) groups is 1. The molecular formula is C6H7O3. The lowest BCUT2D eigenvalue weighted by Gasteiger charge is -1.88. The zero-order valence-corrected chi connectivity index (χ0v) is 5.30. The summed E-state index contributed by atoms with van der Waals surface area (Å²) < 4.78 is 4.23. The van der Waals surface area contributed by atoms with E-state index in [-0.39, 0.29) is 5.57 Å². The van der Waals surface area contributed by atoms with Crippen molar-refractivity contribution in [3.63, 3.8) is 0 Å². The smallest absolute Gasteiger partial charge is 0.330 e. The first-order valence-corrected chi connectivity index (χ1v) is 2.35. The van der Waals surface area contributed by atoms with E-state index in [1.165, 1.54) is 14.0 Å². The molecule has 0 aromatic heterocycles. The third kappa shape index (κ3) is 3.46. The van der Waals surface area contributed by atoms with E-state index in [0.29, 0.717) is 0 Å². The number of esters is 1. The molecule has 0 fully saturated rings. The lowest BCUT2D eigenvalue weighted by molar-refractivity contribution is -0.134. The van der Waals surface area contributed by atoms with Crippen LogP contribution in [0.3, 0.4) is 0 Å². The second-order valence-electron chi connectivity index (χ2n) is 1.45. The summed E-state index contributed by atoms with van der Waals surface area (Å²) in [6.45, 7) is 1.48. The van der Waals surface area contributed by atoms with Crippen LogP contribution in [-0.2, 0) is 14.3 Å². The summed E-state index contributed by atoms with van der Waals surface area (Å²) in [4.78, 5) is 20.1. The van der Waals surface area contributed by atoms with Crippen LogP contribution in [0.4, 0.5) is 0 Å². The maximum atomic E-state index is 10.3. The molecule has 0 unspecified atom stereocenters. The standard InChI is InChI=1S/C6H7O3/c1-5(4-7)3-6(8)9-2/h3H,1-2H3. The summed E-state index contributed by atoms with van der Waals surface area (Å²) in [6.07, 6.45) is 2.62. The molecular weight excluding hydrogens is 120 g/mol. The summed E-state index contributed by atoms with van der Waals surface area (Å²) in [7, 11) is 1.25. The van der Waals surface area contributed by atoms with Gasteiger partial charge >= 0.3 is 5.97 Å². The Kier molecular flexibility index (Phi) is 3.35. The van der Waals surface area contributed by atoms with Gasteiger partial charge in [0.1, 0.15) is 0 Å². The van der Waals surface area contributed by atoms with E-state index >= 15 is 0 Å². The Labute approximate surface area is 53.3 Å². The Morgan fingerprint density at radius 3 is 2.56 bits per heavy atom. The molecule has 0 saturated carbocycles. The highest BCUT2D eigenvalue weighted by atomic mass is 16.5. The molecule has 0 aromatic carbocycles. The first-order valence-electron chi connectivity index (χ1n) is 2.35. The van der Waals surface area contributed by atoms with Crippen LogP contribution in [-0.4, -0.2) is 19.4 Å². The van der Waals surface area contributed by atoms with E-state index in [1.54, 1.807) is 6.29 Å². The predicted octanol–water partition coefficient (Wildman–Crippen LogP) is 0.215. The molecule has 0 aliphatic rings. The summed E-state index contributed by atoms with van der Waals surface area (Å²) in [5.74, 6) is -0.532. The highest BCUT2D eigenvalue weighted by Crippen LogP contribution is 1.86. The molecule has 3 nitrogen and oxygen atoms in total. The monoisotopic (exact) mass is 127 g/mol. The van der Waals surface area contributed by atoms with Crippen LogP contribution >= 0.6 is 0 Å². The van der Waals surface area contributed by atoms with Crippen LogP contribution in [0, 0.1) is 0 Å². The minimum Gasteiger partial charge on any atom is -0.466 e. The maximum absolute atomic E-state index is 10.3.